The Labute approximate surface area is 188 Å². The summed E-state index contributed by atoms with van der Waals surface area (Å²) in [5.74, 6) is -0.446. The summed E-state index contributed by atoms with van der Waals surface area (Å²) in [4.78, 5) is 40.8. The summed E-state index contributed by atoms with van der Waals surface area (Å²) in [6.07, 6.45) is 0. The number of rotatable bonds is 9. The number of thioether (sulfide) groups is 1. The fraction of sp³-hybridized carbons (Fsp3) is 0.182. The predicted molar refractivity (Wildman–Crippen MR) is 122 cm³/mol. The normalized spacial score (nSPS) is 10.5. The van der Waals surface area contributed by atoms with Gasteiger partial charge in [-0.1, -0.05) is 24.3 Å². The maximum atomic E-state index is 12.7. The van der Waals surface area contributed by atoms with Crippen LogP contribution in [0.4, 0.5) is 0 Å². The van der Waals surface area contributed by atoms with E-state index < -0.39 is 5.91 Å². The summed E-state index contributed by atoms with van der Waals surface area (Å²) in [5, 5.41) is 8.41. The van der Waals surface area contributed by atoms with E-state index in [0.717, 1.165) is 21.2 Å². The van der Waals surface area contributed by atoms with Crippen LogP contribution in [0.5, 0.6) is 0 Å². The van der Waals surface area contributed by atoms with E-state index in [4.69, 9.17) is 5.73 Å². The molecule has 0 aliphatic heterocycles. The van der Waals surface area contributed by atoms with E-state index in [2.05, 4.69) is 15.6 Å². The molecule has 0 unspecified atom stereocenters. The van der Waals surface area contributed by atoms with Gasteiger partial charge in [0.05, 0.1) is 22.8 Å². The third-order valence-electron chi connectivity index (χ3n) is 4.27. The number of aromatic nitrogens is 1. The molecule has 3 rings (SSSR count). The minimum absolute atomic E-state index is 0.166. The SMILES string of the molecule is Cc1nc(CSc2ccccc2C(=O)NCc2ccc(C(=O)NCC(N)=O)cc2)cs1. The Morgan fingerprint density at radius 1 is 1.03 bits per heavy atom. The van der Waals surface area contributed by atoms with E-state index in [1.165, 1.54) is 0 Å². The first kappa shape index (κ1) is 22.5. The smallest absolute Gasteiger partial charge is 0.252 e. The molecule has 0 saturated carbocycles. The number of amides is 3. The molecule has 9 heteroatoms. The van der Waals surface area contributed by atoms with Gasteiger partial charge in [-0.05, 0) is 36.8 Å². The molecule has 31 heavy (non-hydrogen) atoms. The Hall–Kier alpha value is -3.17. The molecule has 1 aromatic heterocycles. The number of nitrogens with zero attached hydrogens (tertiary/aromatic N) is 1. The van der Waals surface area contributed by atoms with Crippen molar-refractivity contribution in [3.8, 4) is 0 Å². The first-order chi connectivity index (χ1) is 14.9. The third kappa shape index (κ3) is 6.66. The lowest BCUT2D eigenvalue weighted by Crippen LogP contribution is -2.33. The van der Waals surface area contributed by atoms with Crippen molar-refractivity contribution in [2.24, 2.45) is 5.73 Å². The van der Waals surface area contributed by atoms with E-state index >= 15 is 0 Å². The summed E-state index contributed by atoms with van der Waals surface area (Å²) < 4.78 is 0. The van der Waals surface area contributed by atoms with Crippen molar-refractivity contribution in [2.75, 3.05) is 6.54 Å². The van der Waals surface area contributed by atoms with Gasteiger partial charge in [0.2, 0.25) is 5.91 Å². The molecule has 0 aliphatic rings. The fourth-order valence-corrected chi connectivity index (χ4v) is 4.39. The van der Waals surface area contributed by atoms with Crippen LogP contribution >= 0.6 is 23.1 Å². The maximum absolute atomic E-state index is 12.7. The number of nitrogens with one attached hydrogen (secondary N) is 2. The van der Waals surface area contributed by atoms with Crippen LogP contribution in [-0.4, -0.2) is 29.3 Å². The van der Waals surface area contributed by atoms with Crippen molar-refractivity contribution in [3.05, 3.63) is 81.3 Å². The number of nitrogens with two attached hydrogens (primary N) is 1. The second-order valence-corrected chi connectivity index (χ2v) is 8.75. The molecule has 0 bridgehead atoms. The van der Waals surface area contributed by atoms with Crippen LogP contribution < -0.4 is 16.4 Å². The topological polar surface area (TPSA) is 114 Å². The van der Waals surface area contributed by atoms with Crippen molar-refractivity contribution in [2.45, 2.75) is 24.1 Å². The molecule has 0 aliphatic carbocycles. The zero-order valence-electron chi connectivity index (χ0n) is 16.9. The van der Waals surface area contributed by atoms with Crippen LogP contribution in [0.2, 0.25) is 0 Å². The number of aryl methyl sites for hydroxylation is 1. The lowest BCUT2D eigenvalue weighted by molar-refractivity contribution is -0.117. The van der Waals surface area contributed by atoms with Gasteiger partial charge >= 0.3 is 0 Å². The number of carbonyl (C=O) groups excluding carboxylic acids is 3. The highest BCUT2D eigenvalue weighted by atomic mass is 32.2. The summed E-state index contributed by atoms with van der Waals surface area (Å²) in [6.45, 7) is 2.09. The van der Waals surface area contributed by atoms with Crippen molar-refractivity contribution >= 4 is 40.8 Å². The summed E-state index contributed by atoms with van der Waals surface area (Å²) in [5.41, 5.74) is 7.90. The molecule has 160 valence electrons. The summed E-state index contributed by atoms with van der Waals surface area (Å²) in [7, 11) is 0. The van der Waals surface area contributed by atoms with Crippen LogP contribution in [0.15, 0.2) is 58.8 Å². The molecule has 0 fully saturated rings. The fourth-order valence-electron chi connectivity index (χ4n) is 2.73. The Morgan fingerprint density at radius 2 is 1.77 bits per heavy atom. The molecule has 2 aromatic carbocycles. The molecule has 0 radical (unpaired) electrons. The Kier molecular flexibility index (Phi) is 7.80. The summed E-state index contributed by atoms with van der Waals surface area (Å²) >= 11 is 3.19. The predicted octanol–water partition coefficient (Wildman–Crippen LogP) is 2.89. The molecule has 0 spiro atoms. The van der Waals surface area contributed by atoms with Crippen LogP contribution in [0, 0.1) is 6.92 Å². The quantitative estimate of drug-likeness (QED) is 0.430. The molecule has 0 saturated heterocycles. The molecule has 0 atom stereocenters. The molecular weight excluding hydrogens is 432 g/mol. The second-order valence-electron chi connectivity index (χ2n) is 6.67. The van der Waals surface area contributed by atoms with E-state index in [0.29, 0.717) is 23.4 Å². The first-order valence-electron chi connectivity index (χ1n) is 9.49. The minimum atomic E-state index is -0.604. The largest absolute Gasteiger partial charge is 0.368 e. The number of hydrogen-bond donors (Lipinski definition) is 3. The maximum Gasteiger partial charge on any atom is 0.252 e. The molecule has 3 aromatic rings. The van der Waals surface area contributed by atoms with Crippen LogP contribution in [-0.2, 0) is 17.1 Å². The number of carbonyl (C=O) groups is 3. The Bertz CT molecular complexity index is 1080. The van der Waals surface area contributed by atoms with Crippen LogP contribution in [0.25, 0.3) is 0 Å². The lowest BCUT2D eigenvalue weighted by Gasteiger charge is -2.10. The van der Waals surface area contributed by atoms with Gasteiger partial charge in [0.15, 0.2) is 0 Å². The van der Waals surface area contributed by atoms with Crippen molar-refractivity contribution in [1.29, 1.82) is 0 Å². The highest BCUT2D eigenvalue weighted by Crippen LogP contribution is 2.27. The molecule has 1 heterocycles. The van der Waals surface area contributed by atoms with E-state index in [1.54, 1.807) is 53.4 Å². The number of benzene rings is 2. The number of primary amides is 1. The van der Waals surface area contributed by atoms with Crippen LogP contribution in [0.3, 0.4) is 0 Å². The molecule has 4 N–H and O–H groups in total. The first-order valence-corrected chi connectivity index (χ1v) is 11.4. The van der Waals surface area contributed by atoms with E-state index in [-0.39, 0.29) is 18.4 Å². The zero-order chi connectivity index (χ0) is 22.2. The van der Waals surface area contributed by atoms with E-state index in [1.807, 2.05) is 30.5 Å². The number of thiazole rings is 1. The standard InChI is InChI=1S/C22H22N4O3S2/c1-14-26-17(12-30-14)13-31-19-5-3-2-4-18(19)22(29)24-10-15-6-8-16(9-7-15)21(28)25-11-20(23)27/h2-9,12H,10-11,13H2,1H3,(H2,23,27)(H,24,29)(H,25,28). The highest BCUT2D eigenvalue weighted by Gasteiger charge is 2.12. The molecular formula is C22H22N4O3S2. The molecule has 7 nitrogen and oxygen atoms in total. The Morgan fingerprint density at radius 3 is 2.45 bits per heavy atom. The van der Waals surface area contributed by atoms with Gasteiger partial charge in [-0.2, -0.15) is 0 Å². The summed E-state index contributed by atoms with van der Waals surface area (Å²) in [6, 6.07) is 14.3. The lowest BCUT2D eigenvalue weighted by atomic mass is 10.1. The average Bonchev–Trinajstić information content (AvgIpc) is 3.20. The highest BCUT2D eigenvalue weighted by molar-refractivity contribution is 7.98. The van der Waals surface area contributed by atoms with Gasteiger partial charge in [0.25, 0.3) is 11.8 Å². The zero-order valence-corrected chi connectivity index (χ0v) is 18.5. The van der Waals surface area contributed by atoms with E-state index in [9.17, 15) is 14.4 Å². The van der Waals surface area contributed by atoms with Crippen LogP contribution in [0.1, 0.15) is 37.0 Å². The monoisotopic (exact) mass is 454 g/mol. The van der Waals surface area contributed by atoms with Gasteiger partial charge in [0, 0.05) is 28.1 Å². The van der Waals surface area contributed by atoms with Crippen molar-refractivity contribution in [1.82, 2.24) is 15.6 Å². The average molecular weight is 455 g/mol. The van der Waals surface area contributed by atoms with Gasteiger partial charge in [0.1, 0.15) is 0 Å². The molecule has 3 amide bonds. The van der Waals surface area contributed by atoms with Gasteiger partial charge in [-0.15, -0.1) is 23.1 Å². The van der Waals surface area contributed by atoms with Crippen molar-refractivity contribution in [3.63, 3.8) is 0 Å². The third-order valence-corrected chi connectivity index (χ3v) is 6.20. The second kappa shape index (κ2) is 10.7. The van der Waals surface area contributed by atoms with Gasteiger partial charge in [-0.25, -0.2) is 4.98 Å². The number of hydrogen-bond acceptors (Lipinski definition) is 6. The van der Waals surface area contributed by atoms with Gasteiger partial charge in [-0.3, -0.25) is 14.4 Å². The Balaban J connectivity index is 1.57. The van der Waals surface area contributed by atoms with Gasteiger partial charge < -0.3 is 16.4 Å². The van der Waals surface area contributed by atoms with Crippen molar-refractivity contribution < 1.29 is 14.4 Å². The minimum Gasteiger partial charge on any atom is -0.368 e.